The van der Waals surface area contributed by atoms with Crippen molar-refractivity contribution in [3.05, 3.63) is 0 Å². The van der Waals surface area contributed by atoms with Crippen LogP contribution in [-0.4, -0.2) is 28.5 Å². The molecule has 12 heavy (non-hydrogen) atoms. The van der Waals surface area contributed by atoms with Gasteiger partial charge in [-0.15, -0.1) is 0 Å². The molecule has 0 rings (SSSR count). The van der Waals surface area contributed by atoms with Crippen molar-refractivity contribution in [2.75, 3.05) is 0 Å². The summed E-state index contributed by atoms with van der Waals surface area (Å²) in [5, 5.41) is 20.0. The molecule has 4 heteroatoms. The Morgan fingerprint density at radius 1 is 1.42 bits per heavy atom. The molecule has 3 N–H and O–H groups in total. The van der Waals surface area contributed by atoms with Crippen molar-refractivity contribution in [2.24, 2.45) is 5.92 Å². The number of aliphatic hydroxyl groups excluding tert-OH is 1. The van der Waals surface area contributed by atoms with E-state index in [0.29, 0.717) is 12.3 Å². The highest BCUT2D eigenvalue weighted by molar-refractivity contribution is 5.64. The van der Waals surface area contributed by atoms with Crippen LogP contribution in [0, 0.1) is 5.92 Å². The molecular weight excluding hydrogens is 158 g/mol. The van der Waals surface area contributed by atoms with Crippen LogP contribution in [0.2, 0.25) is 0 Å². The number of nitrogens with one attached hydrogen (secondary N) is 1. The molecule has 4 nitrogen and oxygen atoms in total. The number of carbonyl (C=O) groups is 1. The summed E-state index contributed by atoms with van der Waals surface area (Å²) in [5.74, 6) is 0.373. The van der Waals surface area contributed by atoms with Gasteiger partial charge in [0.1, 0.15) is 0 Å². The molecule has 0 bridgehead atoms. The molecule has 0 spiro atoms. The van der Waals surface area contributed by atoms with E-state index < -0.39 is 18.2 Å². The topological polar surface area (TPSA) is 69.6 Å². The van der Waals surface area contributed by atoms with E-state index in [2.05, 4.69) is 5.32 Å². The molecule has 1 unspecified atom stereocenters. The molecule has 1 amide bonds. The Kier molecular flexibility index (Phi) is 4.66. The third kappa shape index (κ3) is 4.96. The highest BCUT2D eigenvalue weighted by Crippen LogP contribution is 2.07. The Balaban J connectivity index is 3.76. The fourth-order valence-corrected chi connectivity index (χ4v) is 0.978. The zero-order valence-corrected chi connectivity index (χ0v) is 7.74. The third-order valence-electron chi connectivity index (χ3n) is 1.64. The van der Waals surface area contributed by atoms with E-state index in [9.17, 15) is 9.90 Å². The SMILES string of the molecule is CC(C)CC(O)[C@H](C)NC(=O)O. The fourth-order valence-electron chi connectivity index (χ4n) is 0.978. The van der Waals surface area contributed by atoms with E-state index in [0.717, 1.165) is 0 Å². The van der Waals surface area contributed by atoms with Gasteiger partial charge in [0.25, 0.3) is 0 Å². The van der Waals surface area contributed by atoms with Gasteiger partial charge in [-0.1, -0.05) is 13.8 Å². The molecule has 0 saturated heterocycles. The second-order valence-electron chi connectivity index (χ2n) is 3.44. The minimum Gasteiger partial charge on any atom is -0.465 e. The van der Waals surface area contributed by atoms with Gasteiger partial charge in [-0.3, -0.25) is 0 Å². The van der Waals surface area contributed by atoms with Crippen molar-refractivity contribution in [3.8, 4) is 0 Å². The number of aliphatic hydroxyl groups is 1. The molecule has 0 aliphatic rings. The average Bonchev–Trinajstić information content (AvgIpc) is 1.84. The molecule has 0 radical (unpaired) electrons. The van der Waals surface area contributed by atoms with Gasteiger partial charge in [-0.05, 0) is 19.3 Å². The average molecular weight is 175 g/mol. The molecule has 0 heterocycles. The van der Waals surface area contributed by atoms with Gasteiger partial charge >= 0.3 is 6.09 Å². The summed E-state index contributed by atoms with van der Waals surface area (Å²) in [5.41, 5.74) is 0. The Bertz CT molecular complexity index is 147. The molecular formula is C8H17NO3. The zero-order valence-electron chi connectivity index (χ0n) is 7.74. The van der Waals surface area contributed by atoms with E-state index in [1.807, 2.05) is 13.8 Å². The first-order valence-corrected chi connectivity index (χ1v) is 4.11. The van der Waals surface area contributed by atoms with Gasteiger partial charge in [-0.2, -0.15) is 0 Å². The normalized spacial score (nSPS) is 15.8. The quantitative estimate of drug-likeness (QED) is 0.598. The largest absolute Gasteiger partial charge is 0.465 e. The Morgan fingerprint density at radius 2 is 1.92 bits per heavy atom. The molecule has 0 saturated carbocycles. The molecule has 2 atom stereocenters. The van der Waals surface area contributed by atoms with Crippen LogP contribution in [0.15, 0.2) is 0 Å². The first kappa shape index (κ1) is 11.2. The maximum atomic E-state index is 10.2. The lowest BCUT2D eigenvalue weighted by Crippen LogP contribution is -2.40. The van der Waals surface area contributed by atoms with Gasteiger partial charge in [-0.25, -0.2) is 4.79 Å². The van der Waals surface area contributed by atoms with Gasteiger partial charge in [0.15, 0.2) is 0 Å². The summed E-state index contributed by atoms with van der Waals surface area (Å²) in [6.45, 7) is 5.62. The van der Waals surface area contributed by atoms with Crippen molar-refractivity contribution in [2.45, 2.75) is 39.3 Å². The standard InChI is InChI=1S/C8H17NO3/c1-5(2)4-7(10)6(3)9-8(11)12/h5-7,9-10H,4H2,1-3H3,(H,11,12)/t6-,7?/m0/s1. The first-order valence-electron chi connectivity index (χ1n) is 4.11. The van der Waals surface area contributed by atoms with E-state index in [4.69, 9.17) is 5.11 Å². The van der Waals surface area contributed by atoms with E-state index in [1.165, 1.54) is 0 Å². The van der Waals surface area contributed by atoms with E-state index in [-0.39, 0.29) is 0 Å². The molecule has 0 aliphatic heterocycles. The molecule has 0 aromatic heterocycles. The van der Waals surface area contributed by atoms with Crippen molar-refractivity contribution in [1.29, 1.82) is 0 Å². The van der Waals surface area contributed by atoms with Crippen LogP contribution < -0.4 is 5.32 Å². The van der Waals surface area contributed by atoms with Crippen LogP contribution in [0.5, 0.6) is 0 Å². The Morgan fingerprint density at radius 3 is 2.25 bits per heavy atom. The maximum Gasteiger partial charge on any atom is 0.404 e. The van der Waals surface area contributed by atoms with Gasteiger partial charge in [0, 0.05) is 0 Å². The molecule has 72 valence electrons. The number of amides is 1. The number of rotatable bonds is 4. The smallest absolute Gasteiger partial charge is 0.404 e. The van der Waals surface area contributed by atoms with Crippen LogP contribution in [0.25, 0.3) is 0 Å². The van der Waals surface area contributed by atoms with Gasteiger partial charge < -0.3 is 15.5 Å². The Hall–Kier alpha value is -0.770. The van der Waals surface area contributed by atoms with E-state index in [1.54, 1.807) is 6.92 Å². The molecule has 0 fully saturated rings. The van der Waals surface area contributed by atoms with Crippen LogP contribution in [0.4, 0.5) is 4.79 Å². The number of carboxylic acid groups (broad SMARTS) is 1. The van der Waals surface area contributed by atoms with Gasteiger partial charge in [0.2, 0.25) is 0 Å². The monoisotopic (exact) mass is 175 g/mol. The Labute approximate surface area is 72.6 Å². The number of hydrogen-bond acceptors (Lipinski definition) is 2. The number of hydrogen-bond donors (Lipinski definition) is 3. The summed E-state index contributed by atoms with van der Waals surface area (Å²) >= 11 is 0. The van der Waals surface area contributed by atoms with Gasteiger partial charge in [0.05, 0.1) is 12.1 Å². The molecule has 0 aromatic rings. The molecule has 0 aliphatic carbocycles. The maximum absolute atomic E-state index is 10.2. The summed E-state index contributed by atoms with van der Waals surface area (Å²) < 4.78 is 0. The second-order valence-corrected chi connectivity index (χ2v) is 3.44. The lowest BCUT2D eigenvalue weighted by atomic mass is 10.0. The summed E-state index contributed by atoms with van der Waals surface area (Å²) in [6, 6.07) is -0.398. The van der Waals surface area contributed by atoms with Crippen molar-refractivity contribution in [1.82, 2.24) is 5.32 Å². The first-order chi connectivity index (χ1) is 5.43. The van der Waals surface area contributed by atoms with Crippen molar-refractivity contribution < 1.29 is 15.0 Å². The van der Waals surface area contributed by atoms with Crippen LogP contribution in [0.1, 0.15) is 27.2 Å². The van der Waals surface area contributed by atoms with Crippen LogP contribution >= 0.6 is 0 Å². The van der Waals surface area contributed by atoms with Crippen molar-refractivity contribution >= 4 is 6.09 Å². The highest BCUT2D eigenvalue weighted by atomic mass is 16.4. The highest BCUT2D eigenvalue weighted by Gasteiger charge is 2.16. The zero-order chi connectivity index (χ0) is 9.72. The minimum absolute atomic E-state index is 0.373. The second kappa shape index (κ2) is 4.98. The van der Waals surface area contributed by atoms with Crippen molar-refractivity contribution in [3.63, 3.8) is 0 Å². The fraction of sp³-hybridized carbons (Fsp3) is 0.875. The predicted octanol–water partition coefficient (Wildman–Crippen LogP) is 1.05. The summed E-state index contributed by atoms with van der Waals surface area (Å²) in [7, 11) is 0. The predicted molar refractivity (Wildman–Crippen MR) is 46.1 cm³/mol. The van der Waals surface area contributed by atoms with E-state index >= 15 is 0 Å². The minimum atomic E-state index is -1.09. The lowest BCUT2D eigenvalue weighted by molar-refractivity contribution is 0.107. The van der Waals surface area contributed by atoms with Crippen LogP contribution in [0.3, 0.4) is 0 Å². The summed E-state index contributed by atoms with van der Waals surface area (Å²) in [6.07, 6.45) is -1.08. The molecule has 0 aromatic carbocycles. The summed E-state index contributed by atoms with van der Waals surface area (Å²) in [4.78, 5) is 10.2. The third-order valence-corrected chi connectivity index (χ3v) is 1.64. The lowest BCUT2D eigenvalue weighted by Gasteiger charge is -2.19. The van der Waals surface area contributed by atoms with Crippen LogP contribution in [-0.2, 0) is 0 Å².